The van der Waals surface area contributed by atoms with Crippen LogP contribution in [-0.4, -0.2) is 48.7 Å². The van der Waals surface area contributed by atoms with Crippen molar-refractivity contribution in [2.24, 2.45) is 0 Å². The first kappa shape index (κ1) is 16.9. The molecule has 1 aromatic heterocycles. The lowest BCUT2D eigenvalue weighted by molar-refractivity contribution is -0.116. The predicted octanol–water partition coefficient (Wildman–Crippen LogP) is 1.42. The molecule has 2 N–H and O–H groups in total. The van der Waals surface area contributed by atoms with Crippen LogP contribution >= 0.6 is 12.4 Å². The van der Waals surface area contributed by atoms with Gasteiger partial charge in [-0.25, -0.2) is 0 Å². The van der Waals surface area contributed by atoms with E-state index >= 15 is 0 Å². The Morgan fingerprint density at radius 3 is 3.05 bits per heavy atom. The molecule has 7 heteroatoms. The van der Waals surface area contributed by atoms with Crippen molar-refractivity contribution < 1.29 is 9.32 Å². The van der Waals surface area contributed by atoms with Gasteiger partial charge < -0.3 is 15.2 Å². The smallest absolute Gasteiger partial charge is 0.226 e. The van der Waals surface area contributed by atoms with Crippen LogP contribution in [0.15, 0.2) is 10.6 Å². The van der Waals surface area contributed by atoms with Crippen LogP contribution in [0.2, 0.25) is 0 Å². The molecule has 20 heavy (non-hydrogen) atoms. The van der Waals surface area contributed by atoms with Crippen molar-refractivity contribution in [3.05, 3.63) is 11.8 Å². The van der Waals surface area contributed by atoms with E-state index in [9.17, 15) is 4.79 Å². The highest BCUT2D eigenvalue weighted by molar-refractivity contribution is 5.89. The van der Waals surface area contributed by atoms with Gasteiger partial charge in [-0.1, -0.05) is 5.16 Å². The van der Waals surface area contributed by atoms with E-state index in [0.717, 1.165) is 19.6 Å². The molecule has 1 fully saturated rings. The second-order valence-electron chi connectivity index (χ2n) is 5.01. The Morgan fingerprint density at radius 1 is 1.60 bits per heavy atom. The third kappa shape index (κ3) is 4.77. The number of halogens is 1. The number of carbonyl (C=O) groups excluding carboxylic acids is 1. The number of carbonyl (C=O) groups is 1. The molecule has 0 aliphatic carbocycles. The van der Waals surface area contributed by atoms with Crippen LogP contribution in [0.5, 0.6) is 0 Å². The Hall–Kier alpha value is -1.11. The van der Waals surface area contributed by atoms with Crippen molar-refractivity contribution in [2.75, 3.05) is 32.0 Å². The molecule has 1 amide bonds. The van der Waals surface area contributed by atoms with Crippen LogP contribution in [0, 0.1) is 6.92 Å². The molecule has 0 radical (unpaired) electrons. The number of rotatable bonds is 6. The molecule has 6 nitrogen and oxygen atoms in total. The number of anilines is 1. The van der Waals surface area contributed by atoms with Gasteiger partial charge in [0.15, 0.2) is 5.82 Å². The minimum atomic E-state index is -0.0107. The van der Waals surface area contributed by atoms with Crippen molar-refractivity contribution in [3.63, 3.8) is 0 Å². The lowest BCUT2D eigenvalue weighted by Crippen LogP contribution is -2.38. The van der Waals surface area contributed by atoms with Crippen molar-refractivity contribution >= 4 is 24.1 Å². The molecular formula is C13H23ClN4O2. The predicted molar refractivity (Wildman–Crippen MR) is 80.3 cm³/mol. The second-order valence-corrected chi connectivity index (χ2v) is 5.01. The monoisotopic (exact) mass is 302 g/mol. The van der Waals surface area contributed by atoms with Crippen LogP contribution in [0.25, 0.3) is 0 Å². The molecule has 114 valence electrons. The van der Waals surface area contributed by atoms with Gasteiger partial charge in [0.25, 0.3) is 0 Å². The number of hydrogen-bond acceptors (Lipinski definition) is 5. The van der Waals surface area contributed by atoms with E-state index in [4.69, 9.17) is 4.52 Å². The molecule has 0 spiro atoms. The molecule has 1 atom stereocenters. The Balaban J connectivity index is 0.00000200. The van der Waals surface area contributed by atoms with Crippen molar-refractivity contribution in [1.82, 2.24) is 15.4 Å². The quantitative estimate of drug-likeness (QED) is 0.831. The Morgan fingerprint density at radius 2 is 2.40 bits per heavy atom. The van der Waals surface area contributed by atoms with Crippen molar-refractivity contribution in [3.8, 4) is 0 Å². The summed E-state index contributed by atoms with van der Waals surface area (Å²) in [4.78, 5) is 14.2. The van der Waals surface area contributed by atoms with Crippen LogP contribution in [0.3, 0.4) is 0 Å². The second kappa shape index (κ2) is 8.24. The Bertz CT molecular complexity index is 424. The lowest BCUT2D eigenvalue weighted by Gasteiger charge is -2.23. The summed E-state index contributed by atoms with van der Waals surface area (Å²) in [5, 5.41) is 9.70. The van der Waals surface area contributed by atoms with E-state index in [-0.39, 0.29) is 18.3 Å². The van der Waals surface area contributed by atoms with Gasteiger partial charge in [0.2, 0.25) is 5.91 Å². The average Bonchev–Trinajstić information content (AvgIpc) is 2.97. The van der Waals surface area contributed by atoms with Gasteiger partial charge in [0.1, 0.15) is 5.76 Å². The standard InChI is InChI=1S/C13H22N4O2.ClH/c1-10-8-12(16-19-10)15-13(18)5-7-17-6-3-4-11(17)9-14-2;/h8,11,14H,3-7,9H2,1-2H3,(H,15,16,18);1H. The zero-order chi connectivity index (χ0) is 13.7. The van der Waals surface area contributed by atoms with Gasteiger partial charge in [0.05, 0.1) is 0 Å². The summed E-state index contributed by atoms with van der Waals surface area (Å²) in [6, 6.07) is 2.28. The number of hydrogen-bond donors (Lipinski definition) is 2. The summed E-state index contributed by atoms with van der Waals surface area (Å²) < 4.78 is 4.91. The maximum absolute atomic E-state index is 11.8. The third-order valence-corrected chi connectivity index (χ3v) is 3.46. The van der Waals surface area contributed by atoms with Gasteiger partial charge in [0, 0.05) is 31.6 Å². The Kier molecular flexibility index (Phi) is 6.98. The molecule has 1 unspecified atom stereocenters. The Labute approximate surface area is 125 Å². The third-order valence-electron chi connectivity index (χ3n) is 3.46. The summed E-state index contributed by atoms with van der Waals surface area (Å²) in [6.45, 7) is 4.68. The summed E-state index contributed by atoms with van der Waals surface area (Å²) in [5.74, 6) is 1.18. The molecule has 1 aromatic rings. The molecule has 2 rings (SSSR count). The number of nitrogens with one attached hydrogen (secondary N) is 2. The molecule has 0 bridgehead atoms. The van der Waals surface area contributed by atoms with Crippen molar-refractivity contribution in [1.29, 1.82) is 0 Å². The lowest BCUT2D eigenvalue weighted by atomic mass is 10.2. The number of nitrogens with zero attached hydrogens (tertiary/aromatic N) is 2. The van der Waals surface area contributed by atoms with Gasteiger partial charge in [-0.3, -0.25) is 9.69 Å². The van der Waals surface area contributed by atoms with Gasteiger partial charge in [-0.2, -0.15) is 0 Å². The number of aryl methyl sites for hydroxylation is 1. The molecule has 1 aliphatic rings. The largest absolute Gasteiger partial charge is 0.360 e. The zero-order valence-electron chi connectivity index (χ0n) is 12.0. The van der Waals surface area contributed by atoms with Gasteiger partial charge in [-0.05, 0) is 33.4 Å². The first-order valence-corrected chi connectivity index (χ1v) is 6.81. The fraction of sp³-hybridized carbons (Fsp3) is 0.692. The summed E-state index contributed by atoms with van der Waals surface area (Å²) >= 11 is 0. The maximum atomic E-state index is 11.8. The van der Waals surface area contributed by atoms with Crippen molar-refractivity contribution in [2.45, 2.75) is 32.2 Å². The van der Waals surface area contributed by atoms with E-state index in [1.54, 1.807) is 13.0 Å². The summed E-state index contributed by atoms with van der Waals surface area (Å²) in [6.07, 6.45) is 2.92. The average molecular weight is 303 g/mol. The van der Waals surface area contributed by atoms with Crippen LogP contribution in [0.4, 0.5) is 5.82 Å². The van der Waals surface area contributed by atoms with E-state index in [1.807, 2.05) is 7.05 Å². The molecule has 1 saturated heterocycles. The number of aromatic nitrogens is 1. The fourth-order valence-electron chi connectivity index (χ4n) is 2.53. The minimum absolute atomic E-state index is 0. The maximum Gasteiger partial charge on any atom is 0.226 e. The first-order chi connectivity index (χ1) is 9.19. The summed E-state index contributed by atoms with van der Waals surface area (Å²) in [7, 11) is 1.97. The van der Waals surface area contributed by atoms with E-state index in [1.165, 1.54) is 12.8 Å². The summed E-state index contributed by atoms with van der Waals surface area (Å²) in [5.41, 5.74) is 0. The number of likely N-dealkylation sites (N-methyl/N-ethyl adjacent to an activating group) is 1. The van der Waals surface area contributed by atoms with Crippen LogP contribution in [-0.2, 0) is 4.79 Å². The fourth-order valence-corrected chi connectivity index (χ4v) is 2.53. The molecular weight excluding hydrogens is 280 g/mol. The van der Waals surface area contributed by atoms with E-state index in [0.29, 0.717) is 24.0 Å². The molecule has 0 saturated carbocycles. The highest BCUT2D eigenvalue weighted by atomic mass is 35.5. The SMILES string of the molecule is CNCC1CCCN1CCC(=O)Nc1cc(C)on1.Cl. The molecule has 2 heterocycles. The first-order valence-electron chi connectivity index (χ1n) is 6.81. The molecule has 0 aromatic carbocycles. The van der Waals surface area contributed by atoms with Crippen LogP contribution in [0.1, 0.15) is 25.0 Å². The zero-order valence-corrected chi connectivity index (χ0v) is 12.8. The van der Waals surface area contributed by atoms with Gasteiger partial charge >= 0.3 is 0 Å². The minimum Gasteiger partial charge on any atom is -0.360 e. The van der Waals surface area contributed by atoms with Crippen LogP contribution < -0.4 is 10.6 Å². The van der Waals surface area contributed by atoms with Gasteiger partial charge in [-0.15, -0.1) is 12.4 Å². The van der Waals surface area contributed by atoms with E-state index < -0.39 is 0 Å². The highest BCUT2D eigenvalue weighted by Gasteiger charge is 2.23. The highest BCUT2D eigenvalue weighted by Crippen LogP contribution is 2.16. The topological polar surface area (TPSA) is 70.4 Å². The number of amides is 1. The van der Waals surface area contributed by atoms with E-state index in [2.05, 4.69) is 20.7 Å². The molecule has 1 aliphatic heterocycles. The number of likely N-dealkylation sites (tertiary alicyclic amines) is 1. The normalized spacial score (nSPS) is 18.8.